The number of primary amides is 1. The van der Waals surface area contributed by atoms with Gasteiger partial charge >= 0.3 is 0 Å². The third-order valence-electron chi connectivity index (χ3n) is 3.95. The average Bonchev–Trinajstić information content (AvgIpc) is 2.24. The molecule has 0 saturated heterocycles. The van der Waals surface area contributed by atoms with E-state index in [9.17, 15) is 9.59 Å². The molecule has 0 aromatic rings. The molecule has 124 valence electrons. The molecule has 0 bridgehead atoms. The maximum absolute atomic E-state index is 11.7. The lowest BCUT2D eigenvalue weighted by molar-refractivity contribution is -0.128. The van der Waals surface area contributed by atoms with Gasteiger partial charge in [-0.25, -0.2) is 0 Å². The van der Waals surface area contributed by atoms with E-state index in [2.05, 4.69) is 39.2 Å². The Balaban J connectivity index is 4.42. The van der Waals surface area contributed by atoms with Gasteiger partial charge in [-0.15, -0.1) is 0 Å². The zero-order chi connectivity index (χ0) is 16.8. The standard InChI is InChI=1S/C15H32N2O3Si/c1-11(2)10-13(18)17-12(14(16)19)8-9-20-21(6,7)15(3,4)5/h11-12H,8-10H2,1-7H3,(H2,16,19)(H,17,18)/t12-/m0/s1. The van der Waals surface area contributed by atoms with Crippen molar-refractivity contribution in [2.24, 2.45) is 11.7 Å². The molecule has 0 radical (unpaired) electrons. The molecule has 0 saturated carbocycles. The van der Waals surface area contributed by atoms with Crippen LogP contribution in [0.4, 0.5) is 0 Å². The van der Waals surface area contributed by atoms with Crippen LogP contribution >= 0.6 is 0 Å². The topological polar surface area (TPSA) is 81.4 Å². The zero-order valence-corrected chi connectivity index (χ0v) is 15.6. The van der Waals surface area contributed by atoms with Gasteiger partial charge in [-0.05, 0) is 30.5 Å². The zero-order valence-electron chi connectivity index (χ0n) is 14.6. The molecule has 21 heavy (non-hydrogen) atoms. The molecule has 0 unspecified atom stereocenters. The van der Waals surface area contributed by atoms with Crippen molar-refractivity contribution in [2.45, 2.75) is 71.6 Å². The molecule has 3 N–H and O–H groups in total. The highest BCUT2D eigenvalue weighted by molar-refractivity contribution is 6.74. The van der Waals surface area contributed by atoms with E-state index in [0.29, 0.717) is 19.4 Å². The number of amides is 2. The first-order chi connectivity index (χ1) is 9.36. The summed E-state index contributed by atoms with van der Waals surface area (Å²) in [5, 5.41) is 2.82. The monoisotopic (exact) mass is 316 g/mol. The summed E-state index contributed by atoms with van der Waals surface area (Å²) in [5.74, 6) is -0.394. The highest BCUT2D eigenvalue weighted by Crippen LogP contribution is 2.36. The van der Waals surface area contributed by atoms with E-state index in [4.69, 9.17) is 10.2 Å². The molecule has 0 spiro atoms. The molecular weight excluding hydrogens is 284 g/mol. The van der Waals surface area contributed by atoms with Crippen molar-refractivity contribution < 1.29 is 14.0 Å². The summed E-state index contributed by atoms with van der Waals surface area (Å²) in [4.78, 5) is 23.2. The summed E-state index contributed by atoms with van der Waals surface area (Å²) in [6, 6.07) is -0.652. The van der Waals surface area contributed by atoms with Crippen LogP contribution in [0.25, 0.3) is 0 Å². The fraction of sp³-hybridized carbons (Fsp3) is 0.867. The van der Waals surface area contributed by atoms with E-state index >= 15 is 0 Å². The smallest absolute Gasteiger partial charge is 0.240 e. The molecule has 0 aromatic carbocycles. The minimum atomic E-state index is -1.84. The molecule has 0 fully saturated rings. The molecule has 0 aromatic heterocycles. The van der Waals surface area contributed by atoms with Crippen molar-refractivity contribution in [1.82, 2.24) is 5.32 Å². The van der Waals surface area contributed by atoms with Gasteiger partial charge in [-0.1, -0.05) is 34.6 Å². The van der Waals surface area contributed by atoms with Gasteiger partial charge in [0.25, 0.3) is 0 Å². The number of carbonyl (C=O) groups is 2. The Labute approximate surface area is 130 Å². The molecule has 0 heterocycles. The first-order valence-electron chi connectivity index (χ1n) is 7.59. The highest BCUT2D eigenvalue weighted by Gasteiger charge is 2.37. The van der Waals surface area contributed by atoms with Crippen molar-refractivity contribution in [2.75, 3.05) is 6.61 Å². The van der Waals surface area contributed by atoms with Crippen molar-refractivity contribution in [3.8, 4) is 0 Å². The van der Waals surface area contributed by atoms with Crippen LogP contribution in [0, 0.1) is 5.92 Å². The van der Waals surface area contributed by atoms with Crippen LogP contribution in [0.5, 0.6) is 0 Å². The Morgan fingerprint density at radius 2 is 1.76 bits per heavy atom. The summed E-state index contributed by atoms with van der Waals surface area (Å²) < 4.78 is 6.02. The number of nitrogens with two attached hydrogens (primary N) is 1. The lowest BCUT2D eigenvalue weighted by atomic mass is 10.1. The van der Waals surface area contributed by atoms with E-state index in [-0.39, 0.29) is 16.9 Å². The van der Waals surface area contributed by atoms with Crippen molar-refractivity contribution in [1.29, 1.82) is 0 Å². The normalized spacial score (nSPS) is 14.1. The minimum Gasteiger partial charge on any atom is -0.417 e. The van der Waals surface area contributed by atoms with Crippen molar-refractivity contribution in [3.63, 3.8) is 0 Å². The predicted octanol–water partition coefficient (Wildman–Crippen LogP) is 2.41. The van der Waals surface area contributed by atoms with Crippen LogP contribution < -0.4 is 11.1 Å². The summed E-state index contributed by atoms with van der Waals surface area (Å²) in [6.45, 7) is 15.2. The maximum atomic E-state index is 11.7. The molecule has 0 aliphatic carbocycles. The summed E-state index contributed by atoms with van der Waals surface area (Å²) in [6.07, 6.45) is 0.818. The lowest BCUT2D eigenvalue weighted by Gasteiger charge is -2.36. The quantitative estimate of drug-likeness (QED) is 0.675. The van der Waals surface area contributed by atoms with Crippen LogP contribution in [-0.2, 0) is 14.0 Å². The highest BCUT2D eigenvalue weighted by atomic mass is 28.4. The third kappa shape index (κ3) is 7.62. The van der Waals surface area contributed by atoms with E-state index in [0.717, 1.165) is 0 Å². The predicted molar refractivity (Wildman–Crippen MR) is 88.3 cm³/mol. The Hall–Kier alpha value is -0.883. The fourth-order valence-electron chi connectivity index (χ4n) is 1.56. The molecule has 1 atom stereocenters. The van der Waals surface area contributed by atoms with Crippen LogP contribution in [0.15, 0.2) is 0 Å². The minimum absolute atomic E-state index is 0.121. The molecule has 0 aliphatic rings. The second kappa shape index (κ2) is 7.94. The van der Waals surface area contributed by atoms with Crippen LogP contribution in [-0.4, -0.2) is 32.8 Å². The van der Waals surface area contributed by atoms with Gasteiger partial charge in [0.2, 0.25) is 11.8 Å². The maximum Gasteiger partial charge on any atom is 0.240 e. The fourth-order valence-corrected chi connectivity index (χ4v) is 2.62. The van der Waals surface area contributed by atoms with Gasteiger partial charge in [-0.2, -0.15) is 0 Å². The Morgan fingerprint density at radius 3 is 2.14 bits per heavy atom. The SMILES string of the molecule is CC(C)CC(=O)N[C@@H](CCO[Si](C)(C)C(C)(C)C)C(N)=O. The number of nitrogens with one attached hydrogen (secondary N) is 1. The average molecular weight is 317 g/mol. The first-order valence-corrected chi connectivity index (χ1v) is 10.5. The molecular formula is C15H32N2O3Si. The van der Waals surface area contributed by atoms with Gasteiger partial charge in [0, 0.05) is 13.0 Å². The largest absolute Gasteiger partial charge is 0.417 e. The number of hydrogen-bond donors (Lipinski definition) is 2. The van der Waals surface area contributed by atoms with Crippen LogP contribution in [0.2, 0.25) is 18.1 Å². The molecule has 5 nitrogen and oxygen atoms in total. The van der Waals surface area contributed by atoms with E-state index in [1.807, 2.05) is 13.8 Å². The number of hydrogen-bond acceptors (Lipinski definition) is 3. The Morgan fingerprint density at radius 1 is 1.24 bits per heavy atom. The Kier molecular flexibility index (Phi) is 7.60. The van der Waals surface area contributed by atoms with Gasteiger partial charge in [-0.3, -0.25) is 9.59 Å². The van der Waals surface area contributed by atoms with Gasteiger partial charge in [0.15, 0.2) is 8.32 Å². The van der Waals surface area contributed by atoms with Crippen molar-refractivity contribution >= 4 is 20.1 Å². The molecule has 0 aliphatic heterocycles. The van der Waals surface area contributed by atoms with Crippen LogP contribution in [0.1, 0.15) is 47.5 Å². The third-order valence-corrected chi connectivity index (χ3v) is 8.49. The number of rotatable bonds is 8. The summed E-state index contributed by atoms with van der Waals surface area (Å²) >= 11 is 0. The summed E-state index contributed by atoms with van der Waals surface area (Å²) in [5.41, 5.74) is 5.35. The van der Waals surface area contributed by atoms with Gasteiger partial charge in [0.1, 0.15) is 6.04 Å². The molecule has 6 heteroatoms. The number of carbonyl (C=O) groups excluding carboxylic acids is 2. The lowest BCUT2D eigenvalue weighted by Crippen LogP contribution is -2.47. The van der Waals surface area contributed by atoms with E-state index in [1.165, 1.54) is 0 Å². The second-order valence-electron chi connectivity index (χ2n) is 7.52. The second-order valence-corrected chi connectivity index (χ2v) is 12.3. The molecule has 0 rings (SSSR count). The van der Waals surface area contributed by atoms with Crippen LogP contribution in [0.3, 0.4) is 0 Å². The Bertz CT molecular complexity index is 362. The van der Waals surface area contributed by atoms with Gasteiger partial charge < -0.3 is 15.5 Å². The first kappa shape index (κ1) is 20.1. The van der Waals surface area contributed by atoms with Gasteiger partial charge in [0.05, 0.1) is 0 Å². The summed E-state index contributed by atoms with van der Waals surface area (Å²) in [7, 11) is -1.84. The van der Waals surface area contributed by atoms with E-state index < -0.39 is 20.3 Å². The van der Waals surface area contributed by atoms with Crippen molar-refractivity contribution in [3.05, 3.63) is 0 Å². The van der Waals surface area contributed by atoms with E-state index in [1.54, 1.807) is 0 Å². The molecule has 2 amide bonds.